The molecule has 3 rings (SSSR count). The fraction of sp³-hybridized carbons (Fsp3) is 0. The highest BCUT2D eigenvalue weighted by Gasteiger charge is 2.12. The third kappa shape index (κ3) is 2.79. The number of azo groups is 1. The Morgan fingerprint density at radius 1 is 1.00 bits per heavy atom. The molecule has 6 nitrogen and oxygen atoms in total. The van der Waals surface area contributed by atoms with Crippen LogP contribution in [0.15, 0.2) is 57.7 Å². The Balaban J connectivity index is 2.03. The van der Waals surface area contributed by atoms with Crippen LogP contribution >= 0.6 is 23.2 Å². The van der Waals surface area contributed by atoms with E-state index in [4.69, 9.17) is 23.2 Å². The molecule has 0 atom stereocenters. The van der Waals surface area contributed by atoms with Gasteiger partial charge in [0.05, 0.1) is 15.7 Å². The fourth-order valence-corrected chi connectivity index (χ4v) is 2.18. The van der Waals surface area contributed by atoms with Crippen molar-refractivity contribution in [2.45, 2.75) is 0 Å². The average molecular weight is 334 g/mol. The standard InChI is InChI=1S/C14H9Cl2N5O/c15-9-2-1-3-10(11(9)16)18-20-13-12(19-21-14(13)22)8-4-6-17-7-5-8/h1-7H,(H2,19,21,22). The molecule has 8 heteroatoms. The summed E-state index contributed by atoms with van der Waals surface area (Å²) in [6.45, 7) is 0. The van der Waals surface area contributed by atoms with Crippen LogP contribution in [0.25, 0.3) is 11.3 Å². The Hall–Kier alpha value is -2.44. The van der Waals surface area contributed by atoms with E-state index in [1.54, 1.807) is 42.7 Å². The lowest BCUT2D eigenvalue weighted by molar-refractivity contribution is 1.06. The Morgan fingerprint density at radius 2 is 1.77 bits per heavy atom. The molecular weight excluding hydrogens is 325 g/mol. The second kappa shape index (κ2) is 6.13. The van der Waals surface area contributed by atoms with Crippen LogP contribution in [0.5, 0.6) is 0 Å². The predicted octanol–water partition coefficient (Wildman–Crippen LogP) is 4.49. The van der Waals surface area contributed by atoms with Crippen LogP contribution in [0.1, 0.15) is 0 Å². The van der Waals surface area contributed by atoms with Gasteiger partial charge in [-0.15, -0.1) is 10.2 Å². The zero-order valence-electron chi connectivity index (χ0n) is 11.0. The van der Waals surface area contributed by atoms with Crippen LogP contribution in [-0.4, -0.2) is 15.2 Å². The quantitative estimate of drug-likeness (QED) is 0.692. The second-order valence-corrected chi connectivity index (χ2v) is 5.10. The average Bonchev–Trinajstić information content (AvgIpc) is 2.91. The van der Waals surface area contributed by atoms with Crippen LogP contribution in [-0.2, 0) is 0 Å². The van der Waals surface area contributed by atoms with Gasteiger partial charge in [0, 0.05) is 18.0 Å². The maximum atomic E-state index is 11.9. The van der Waals surface area contributed by atoms with E-state index >= 15 is 0 Å². The van der Waals surface area contributed by atoms with Crippen molar-refractivity contribution in [3.05, 3.63) is 63.1 Å². The summed E-state index contributed by atoms with van der Waals surface area (Å²) < 4.78 is 0. The third-order valence-electron chi connectivity index (χ3n) is 2.91. The van der Waals surface area contributed by atoms with Gasteiger partial charge in [-0.3, -0.25) is 20.0 Å². The van der Waals surface area contributed by atoms with Gasteiger partial charge >= 0.3 is 0 Å². The molecule has 0 saturated carbocycles. The molecular formula is C14H9Cl2N5O. The first-order chi connectivity index (χ1) is 10.7. The third-order valence-corrected chi connectivity index (χ3v) is 3.72. The number of nitrogens with one attached hydrogen (secondary N) is 2. The van der Waals surface area contributed by atoms with Gasteiger partial charge in [0.1, 0.15) is 5.69 Å². The van der Waals surface area contributed by atoms with E-state index in [0.717, 1.165) is 5.56 Å². The predicted molar refractivity (Wildman–Crippen MR) is 85.3 cm³/mol. The van der Waals surface area contributed by atoms with Gasteiger partial charge in [0.25, 0.3) is 5.56 Å². The van der Waals surface area contributed by atoms with Crippen molar-refractivity contribution >= 4 is 34.6 Å². The monoisotopic (exact) mass is 333 g/mol. The first-order valence-corrected chi connectivity index (χ1v) is 6.99. The molecule has 1 aromatic carbocycles. The van der Waals surface area contributed by atoms with E-state index in [1.807, 2.05) is 0 Å². The molecule has 2 aromatic heterocycles. The molecule has 3 aromatic rings. The number of aromatic amines is 2. The minimum absolute atomic E-state index is 0.155. The molecule has 0 unspecified atom stereocenters. The molecule has 0 aliphatic rings. The molecule has 0 bridgehead atoms. The Morgan fingerprint density at radius 3 is 2.55 bits per heavy atom. The van der Waals surface area contributed by atoms with Crippen molar-refractivity contribution in [3.8, 4) is 11.3 Å². The van der Waals surface area contributed by atoms with Crippen molar-refractivity contribution in [3.63, 3.8) is 0 Å². The summed E-state index contributed by atoms with van der Waals surface area (Å²) in [6, 6.07) is 8.52. The van der Waals surface area contributed by atoms with Crippen molar-refractivity contribution in [1.82, 2.24) is 15.2 Å². The van der Waals surface area contributed by atoms with Crippen molar-refractivity contribution in [1.29, 1.82) is 0 Å². The number of aromatic nitrogens is 3. The van der Waals surface area contributed by atoms with E-state index in [1.165, 1.54) is 0 Å². The van der Waals surface area contributed by atoms with E-state index in [2.05, 4.69) is 25.4 Å². The minimum Gasteiger partial charge on any atom is -0.295 e. The molecule has 0 aliphatic carbocycles. The number of benzene rings is 1. The first-order valence-electron chi connectivity index (χ1n) is 6.23. The first kappa shape index (κ1) is 14.5. The Kier molecular flexibility index (Phi) is 4.04. The van der Waals surface area contributed by atoms with E-state index in [9.17, 15) is 4.79 Å². The maximum absolute atomic E-state index is 11.9. The highest BCUT2D eigenvalue weighted by atomic mass is 35.5. The lowest BCUT2D eigenvalue weighted by Gasteiger charge is -1.99. The molecule has 0 aliphatic heterocycles. The number of H-pyrrole nitrogens is 2. The molecule has 2 N–H and O–H groups in total. The van der Waals surface area contributed by atoms with Crippen LogP contribution in [0.2, 0.25) is 10.0 Å². The van der Waals surface area contributed by atoms with Gasteiger partial charge in [-0.05, 0) is 24.3 Å². The molecule has 0 amide bonds. The number of halogens is 2. The topological polar surface area (TPSA) is 86.3 Å². The number of hydrogen-bond donors (Lipinski definition) is 2. The number of nitrogens with zero attached hydrogens (tertiary/aromatic N) is 3. The molecule has 0 saturated heterocycles. The molecule has 0 radical (unpaired) electrons. The van der Waals surface area contributed by atoms with Gasteiger partial charge in [0.15, 0.2) is 5.69 Å². The van der Waals surface area contributed by atoms with Crippen molar-refractivity contribution < 1.29 is 0 Å². The van der Waals surface area contributed by atoms with Crippen molar-refractivity contribution in [2.75, 3.05) is 0 Å². The lowest BCUT2D eigenvalue weighted by Crippen LogP contribution is -1.96. The fourth-order valence-electron chi connectivity index (χ4n) is 1.85. The molecule has 110 valence electrons. The normalized spacial score (nSPS) is 11.2. The summed E-state index contributed by atoms with van der Waals surface area (Å²) >= 11 is 12.0. The van der Waals surface area contributed by atoms with Crippen molar-refractivity contribution in [2.24, 2.45) is 10.2 Å². The SMILES string of the molecule is O=c1[nH][nH]c(-c2ccncc2)c1N=Nc1cccc(Cl)c1Cl. The largest absolute Gasteiger partial charge is 0.295 e. The zero-order chi connectivity index (χ0) is 15.5. The van der Waals surface area contributed by atoms with Crippen LogP contribution in [0, 0.1) is 0 Å². The molecule has 22 heavy (non-hydrogen) atoms. The van der Waals surface area contributed by atoms with Gasteiger partial charge in [-0.2, -0.15) is 0 Å². The smallest absolute Gasteiger partial charge is 0.292 e. The highest BCUT2D eigenvalue weighted by molar-refractivity contribution is 6.43. The van der Waals surface area contributed by atoms with E-state index in [0.29, 0.717) is 16.4 Å². The zero-order valence-corrected chi connectivity index (χ0v) is 12.6. The molecule has 0 spiro atoms. The summed E-state index contributed by atoms with van der Waals surface area (Å²) in [7, 11) is 0. The maximum Gasteiger partial charge on any atom is 0.292 e. The Bertz CT molecular complexity index is 886. The molecule has 0 fully saturated rings. The van der Waals surface area contributed by atoms with E-state index in [-0.39, 0.29) is 16.3 Å². The molecule has 2 heterocycles. The lowest BCUT2D eigenvalue weighted by atomic mass is 10.2. The second-order valence-electron chi connectivity index (χ2n) is 4.31. The van der Waals surface area contributed by atoms with Gasteiger partial charge < -0.3 is 0 Å². The van der Waals surface area contributed by atoms with Crippen LogP contribution in [0.3, 0.4) is 0 Å². The van der Waals surface area contributed by atoms with Crippen LogP contribution in [0.4, 0.5) is 11.4 Å². The summed E-state index contributed by atoms with van der Waals surface area (Å²) in [5.41, 5.74) is 1.44. The Labute approximate surface area is 134 Å². The summed E-state index contributed by atoms with van der Waals surface area (Å²) in [5.74, 6) is 0. The van der Waals surface area contributed by atoms with E-state index < -0.39 is 0 Å². The number of pyridine rings is 1. The van der Waals surface area contributed by atoms with Gasteiger partial charge in [0.2, 0.25) is 0 Å². The van der Waals surface area contributed by atoms with Crippen LogP contribution < -0.4 is 5.56 Å². The van der Waals surface area contributed by atoms with Gasteiger partial charge in [-0.25, -0.2) is 0 Å². The van der Waals surface area contributed by atoms with Gasteiger partial charge in [-0.1, -0.05) is 29.3 Å². The number of hydrogen-bond acceptors (Lipinski definition) is 4. The highest BCUT2D eigenvalue weighted by Crippen LogP contribution is 2.33. The summed E-state index contributed by atoms with van der Waals surface area (Å²) in [4.78, 5) is 15.8. The minimum atomic E-state index is -0.381. The number of rotatable bonds is 3. The summed E-state index contributed by atoms with van der Waals surface area (Å²) in [5, 5.41) is 13.9. The summed E-state index contributed by atoms with van der Waals surface area (Å²) in [6.07, 6.45) is 3.24.